The van der Waals surface area contributed by atoms with Crippen molar-refractivity contribution in [3.05, 3.63) is 0 Å². The van der Waals surface area contributed by atoms with Crippen LogP contribution in [0, 0.1) is 11.8 Å². The van der Waals surface area contributed by atoms with E-state index in [0.717, 1.165) is 14.2 Å². The summed E-state index contributed by atoms with van der Waals surface area (Å²) in [5.41, 5.74) is 0. The average molecular weight is 180 g/mol. The van der Waals surface area contributed by atoms with E-state index in [1.165, 1.54) is 6.92 Å². The van der Waals surface area contributed by atoms with E-state index in [-0.39, 0.29) is 0 Å². The highest BCUT2D eigenvalue weighted by Crippen LogP contribution is 2.51. The molecule has 0 saturated heterocycles. The molecule has 5 heteroatoms. The second-order valence-electron chi connectivity index (χ2n) is 1.64. The Labute approximate surface area is 65.4 Å². The van der Waals surface area contributed by atoms with Crippen molar-refractivity contribution < 1.29 is 18.0 Å². The lowest BCUT2D eigenvalue weighted by atomic mass is 10.6. The second kappa shape index (κ2) is 4.50. The maximum Gasteiger partial charge on any atom is 0.376 e. The van der Waals surface area contributed by atoms with Crippen molar-refractivity contribution in [2.75, 3.05) is 14.2 Å². The van der Waals surface area contributed by atoms with E-state index >= 15 is 0 Å². The Morgan fingerprint density at radius 2 is 1.91 bits per heavy atom. The zero-order valence-electron chi connectivity index (χ0n) is 6.63. The summed E-state index contributed by atoms with van der Waals surface area (Å²) >= 11 is 0. The van der Waals surface area contributed by atoms with Crippen molar-refractivity contribution in [3.63, 3.8) is 0 Å². The standard InChI is InChI=1S/C6H10FO3P/c1-4-5-6(7)11(8,9-2)10-3/h6H,1-3H3. The molecule has 1 atom stereocenters. The van der Waals surface area contributed by atoms with Crippen LogP contribution in [-0.2, 0) is 13.6 Å². The minimum atomic E-state index is -3.63. The fraction of sp³-hybridized carbons (Fsp3) is 0.667. The van der Waals surface area contributed by atoms with Gasteiger partial charge in [0.2, 0.25) is 0 Å². The van der Waals surface area contributed by atoms with Crippen molar-refractivity contribution in [1.29, 1.82) is 0 Å². The van der Waals surface area contributed by atoms with Crippen LogP contribution < -0.4 is 0 Å². The van der Waals surface area contributed by atoms with Gasteiger partial charge in [-0.1, -0.05) is 5.92 Å². The van der Waals surface area contributed by atoms with Gasteiger partial charge in [0.05, 0.1) is 0 Å². The van der Waals surface area contributed by atoms with Gasteiger partial charge >= 0.3 is 7.60 Å². The monoisotopic (exact) mass is 180 g/mol. The highest BCUT2D eigenvalue weighted by Gasteiger charge is 2.32. The summed E-state index contributed by atoms with van der Waals surface area (Å²) in [5, 5.41) is 0. The van der Waals surface area contributed by atoms with Crippen LogP contribution in [0.25, 0.3) is 0 Å². The molecule has 0 radical (unpaired) electrons. The third kappa shape index (κ3) is 2.63. The van der Waals surface area contributed by atoms with Gasteiger partial charge < -0.3 is 9.05 Å². The van der Waals surface area contributed by atoms with E-state index in [1.54, 1.807) is 0 Å². The van der Waals surface area contributed by atoms with E-state index in [9.17, 15) is 8.96 Å². The van der Waals surface area contributed by atoms with Gasteiger partial charge in [0.1, 0.15) is 0 Å². The maximum absolute atomic E-state index is 12.8. The molecule has 0 aliphatic carbocycles. The molecule has 64 valence electrons. The summed E-state index contributed by atoms with van der Waals surface area (Å²) in [5.74, 6) is 2.48. The van der Waals surface area contributed by atoms with Crippen molar-refractivity contribution >= 4 is 7.60 Å². The molecule has 0 aliphatic rings. The number of rotatable bonds is 3. The molecule has 0 fully saturated rings. The van der Waals surface area contributed by atoms with Gasteiger partial charge in [-0.05, 0) is 6.92 Å². The Morgan fingerprint density at radius 1 is 1.45 bits per heavy atom. The average Bonchev–Trinajstić information content (AvgIpc) is 2.03. The van der Waals surface area contributed by atoms with Crippen LogP contribution in [0.15, 0.2) is 0 Å². The Balaban J connectivity index is 4.46. The quantitative estimate of drug-likeness (QED) is 0.490. The first-order chi connectivity index (χ1) is 5.10. The highest BCUT2D eigenvalue weighted by molar-refractivity contribution is 7.54. The molecule has 0 N–H and O–H groups in total. The third-order valence-electron chi connectivity index (χ3n) is 1.05. The Bertz CT molecular complexity index is 210. The summed E-state index contributed by atoms with van der Waals surface area (Å²) in [4.78, 5) is 0. The summed E-state index contributed by atoms with van der Waals surface area (Å²) in [6, 6.07) is 0. The number of hydrogen-bond donors (Lipinski definition) is 0. The topological polar surface area (TPSA) is 35.5 Å². The highest BCUT2D eigenvalue weighted by atomic mass is 31.2. The molecule has 3 nitrogen and oxygen atoms in total. The molecular formula is C6H10FO3P. The lowest BCUT2D eigenvalue weighted by Crippen LogP contribution is -2.02. The lowest BCUT2D eigenvalue weighted by Gasteiger charge is -2.12. The normalized spacial score (nSPS) is 13.5. The van der Waals surface area contributed by atoms with Crippen molar-refractivity contribution in [2.24, 2.45) is 0 Å². The SMILES string of the molecule is CC#CC(F)P(=O)(OC)OC. The van der Waals surface area contributed by atoms with Crippen LogP contribution in [0.4, 0.5) is 4.39 Å². The van der Waals surface area contributed by atoms with E-state index in [1.807, 2.05) is 0 Å². The molecule has 0 aromatic rings. The fourth-order valence-electron chi connectivity index (χ4n) is 0.458. The molecule has 0 saturated carbocycles. The van der Waals surface area contributed by atoms with Crippen molar-refractivity contribution in [1.82, 2.24) is 0 Å². The predicted octanol–water partition coefficient (Wildman–Crippen LogP) is 1.79. The Hall–Kier alpha value is -0.360. The van der Waals surface area contributed by atoms with Gasteiger partial charge in [0, 0.05) is 14.2 Å². The molecule has 0 rings (SSSR count). The number of alkyl halides is 1. The van der Waals surface area contributed by atoms with Crippen LogP contribution >= 0.6 is 7.60 Å². The van der Waals surface area contributed by atoms with Gasteiger partial charge in [0.25, 0.3) is 5.91 Å². The number of halogens is 1. The van der Waals surface area contributed by atoms with Crippen LogP contribution in [0.1, 0.15) is 6.92 Å². The first-order valence-electron chi connectivity index (χ1n) is 2.88. The molecule has 0 heterocycles. The molecular weight excluding hydrogens is 170 g/mol. The van der Waals surface area contributed by atoms with Crippen LogP contribution in [0.5, 0.6) is 0 Å². The lowest BCUT2D eigenvalue weighted by molar-refractivity contribution is 0.249. The molecule has 0 bridgehead atoms. The van der Waals surface area contributed by atoms with E-state index in [4.69, 9.17) is 0 Å². The summed E-state index contributed by atoms with van der Waals surface area (Å²) < 4.78 is 32.6. The minimum absolute atomic E-state index is 1.12. The van der Waals surface area contributed by atoms with E-state index in [0.29, 0.717) is 0 Å². The van der Waals surface area contributed by atoms with Crippen molar-refractivity contribution in [2.45, 2.75) is 12.8 Å². The molecule has 1 unspecified atom stereocenters. The van der Waals surface area contributed by atoms with E-state index in [2.05, 4.69) is 20.9 Å². The summed E-state index contributed by atoms with van der Waals surface area (Å²) in [6.45, 7) is 1.45. The Kier molecular flexibility index (Phi) is 4.36. The number of hydrogen-bond acceptors (Lipinski definition) is 3. The zero-order valence-corrected chi connectivity index (χ0v) is 7.52. The first-order valence-corrected chi connectivity index (χ1v) is 4.49. The third-order valence-corrected chi connectivity index (χ3v) is 2.75. The minimum Gasteiger partial charge on any atom is -0.309 e. The molecule has 0 aromatic carbocycles. The smallest absolute Gasteiger partial charge is 0.309 e. The Morgan fingerprint density at radius 3 is 2.18 bits per heavy atom. The van der Waals surface area contributed by atoms with Crippen LogP contribution in [0.2, 0.25) is 0 Å². The molecule has 0 amide bonds. The summed E-state index contributed by atoms with van der Waals surface area (Å²) in [7, 11) is -1.39. The predicted molar refractivity (Wildman–Crippen MR) is 40.0 cm³/mol. The largest absolute Gasteiger partial charge is 0.376 e. The molecule has 11 heavy (non-hydrogen) atoms. The molecule has 0 spiro atoms. The fourth-order valence-corrected chi connectivity index (χ4v) is 1.26. The van der Waals surface area contributed by atoms with Gasteiger partial charge in [0.15, 0.2) is 0 Å². The van der Waals surface area contributed by atoms with Crippen LogP contribution in [0.3, 0.4) is 0 Å². The molecule has 0 aromatic heterocycles. The van der Waals surface area contributed by atoms with Gasteiger partial charge in [-0.25, -0.2) is 4.39 Å². The second-order valence-corrected chi connectivity index (χ2v) is 3.90. The van der Waals surface area contributed by atoms with Gasteiger partial charge in [-0.3, -0.25) is 4.57 Å². The van der Waals surface area contributed by atoms with Crippen LogP contribution in [-0.4, -0.2) is 20.1 Å². The van der Waals surface area contributed by atoms with Crippen molar-refractivity contribution in [3.8, 4) is 11.8 Å². The first kappa shape index (κ1) is 10.6. The zero-order chi connectivity index (χ0) is 8.91. The van der Waals surface area contributed by atoms with E-state index < -0.39 is 13.5 Å². The van der Waals surface area contributed by atoms with Gasteiger partial charge in [-0.2, -0.15) is 0 Å². The maximum atomic E-state index is 12.8. The summed E-state index contributed by atoms with van der Waals surface area (Å²) in [6.07, 6.45) is 0. The molecule has 0 aliphatic heterocycles. The van der Waals surface area contributed by atoms with Gasteiger partial charge in [-0.15, -0.1) is 5.92 Å².